The number of carbonyl (C=O) groups is 2. The molecule has 0 bridgehead atoms. The van der Waals surface area contributed by atoms with Crippen molar-refractivity contribution < 1.29 is 14.3 Å². The molecule has 1 aliphatic rings. The fraction of sp³-hybridized carbons (Fsp3) is 0.333. The van der Waals surface area contributed by atoms with Crippen molar-refractivity contribution in [2.45, 2.75) is 0 Å². The van der Waals surface area contributed by atoms with E-state index in [-0.39, 0.29) is 5.91 Å². The molecule has 1 fully saturated rings. The third-order valence-electron chi connectivity index (χ3n) is 3.45. The van der Waals surface area contributed by atoms with Crippen molar-refractivity contribution in [2.75, 3.05) is 39.0 Å². The molecular formula is C15H19N3O3. The summed E-state index contributed by atoms with van der Waals surface area (Å²) in [7, 11) is 1.56. The number of hydrogen-bond donors (Lipinski definition) is 1. The Kier molecular flexibility index (Phi) is 4.81. The summed E-state index contributed by atoms with van der Waals surface area (Å²) in [6.07, 6.45) is 4.07. The monoisotopic (exact) mass is 289 g/mol. The molecule has 0 aromatic heterocycles. The number of amides is 2. The van der Waals surface area contributed by atoms with Gasteiger partial charge in [0, 0.05) is 32.3 Å². The van der Waals surface area contributed by atoms with Crippen LogP contribution < -0.4 is 10.5 Å². The highest BCUT2D eigenvalue weighted by atomic mass is 16.5. The molecule has 1 aromatic carbocycles. The van der Waals surface area contributed by atoms with Crippen molar-refractivity contribution in [3.05, 3.63) is 29.8 Å². The zero-order chi connectivity index (χ0) is 15.2. The minimum absolute atomic E-state index is 0.0602. The van der Waals surface area contributed by atoms with Crippen LogP contribution in [-0.4, -0.2) is 55.4 Å². The fourth-order valence-corrected chi connectivity index (χ4v) is 2.18. The second-order valence-corrected chi connectivity index (χ2v) is 4.80. The van der Waals surface area contributed by atoms with E-state index < -0.39 is 0 Å². The van der Waals surface area contributed by atoms with Crippen LogP contribution in [0.1, 0.15) is 5.56 Å². The van der Waals surface area contributed by atoms with E-state index in [9.17, 15) is 9.59 Å². The van der Waals surface area contributed by atoms with Gasteiger partial charge in [-0.15, -0.1) is 0 Å². The molecule has 6 heteroatoms. The average Bonchev–Trinajstić information content (AvgIpc) is 2.52. The van der Waals surface area contributed by atoms with Crippen LogP contribution in [0, 0.1) is 0 Å². The predicted molar refractivity (Wildman–Crippen MR) is 80.7 cm³/mol. The SMILES string of the molecule is COc1ccc(/C=C/C(=O)N2CCN(C=O)CC2)cc1N. The fourth-order valence-electron chi connectivity index (χ4n) is 2.18. The van der Waals surface area contributed by atoms with Crippen LogP contribution in [0.5, 0.6) is 5.75 Å². The predicted octanol–water partition coefficient (Wildman–Crippen LogP) is 0.591. The van der Waals surface area contributed by atoms with Crippen LogP contribution in [0.2, 0.25) is 0 Å². The first-order chi connectivity index (χ1) is 10.1. The Hall–Kier alpha value is -2.50. The van der Waals surface area contributed by atoms with Gasteiger partial charge in [0.15, 0.2) is 0 Å². The number of carbonyl (C=O) groups excluding carboxylic acids is 2. The minimum Gasteiger partial charge on any atom is -0.495 e. The summed E-state index contributed by atoms with van der Waals surface area (Å²) in [5, 5.41) is 0. The molecule has 1 heterocycles. The maximum atomic E-state index is 12.1. The summed E-state index contributed by atoms with van der Waals surface area (Å²) in [5.74, 6) is 0.554. The van der Waals surface area contributed by atoms with Crippen molar-refractivity contribution in [2.24, 2.45) is 0 Å². The first-order valence-corrected chi connectivity index (χ1v) is 6.74. The number of benzene rings is 1. The smallest absolute Gasteiger partial charge is 0.246 e. The van der Waals surface area contributed by atoms with Crippen LogP contribution in [0.25, 0.3) is 6.08 Å². The summed E-state index contributed by atoms with van der Waals surface area (Å²) >= 11 is 0. The van der Waals surface area contributed by atoms with Crippen LogP contribution in [0.15, 0.2) is 24.3 Å². The van der Waals surface area contributed by atoms with Crippen LogP contribution in [0.4, 0.5) is 5.69 Å². The molecular weight excluding hydrogens is 270 g/mol. The van der Waals surface area contributed by atoms with Crippen molar-refractivity contribution in [3.63, 3.8) is 0 Å². The van der Waals surface area contributed by atoms with Gasteiger partial charge >= 0.3 is 0 Å². The van der Waals surface area contributed by atoms with Gasteiger partial charge < -0.3 is 20.3 Å². The highest BCUT2D eigenvalue weighted by Gasteiger charge is 2.18. The molecule has 0 radical (unpaired) electrons. The van der Waals surface area contributed by atoms with E-state index in [1.165, 1.54) is 6.08 Å². The number of nitrogens with zero attached hydrogens (tertiary/aromatic N) is 2. The lowest BCUT2D eigenvalue weighted by atomic mass is 10.1. The Balaban J connectivity index is 1.96. The Morgan fingerprint density at radius 1 is 1.29 bits per heavy atom. The van der Waals surface area contributed by atoms with Gasteiger partial charge in [0.05, 0.1) is 12.8 Å². The van der Waals surface area contributed by atoms with Gasteiger partial charge in [-0.3, -0.25) is 9.59 Å². The zero-order valence-corrected chi connectivity index (χ0v) is 12.0. The summed E-state index contributed by atoms with van der Waals surface area (Å²) in [6, 6.07) is 5.36. The Labute approximate surface area is 123 Å². The number of hydrogen-bond acceptors (Lipinski definition) is 4. The number of methoxy groups -OCH3 is 1. The van der Waals surface area contributed by atoms with E-state index in [2.05, 4.69) is 0 Å². The van der Waals surface area contributed by atoms with Gasteiger partial charge in [0.25, 0.3) is 0 Å². The maximum absolute atomic E-state index is 12.1. The first kappa shape index (κ1) is 14.9. The van der Waals surface area contributed by atoms with E-state index in [4.69, 9.17) is 10.5 Å². The highest BCUT2D eigenvalue weighted by Crippen LogP contribution is 2.22. The summed E-state index contributed by atoms with van der Waals surface area (Å²) in [6.45, 7) is 2.29. The molecule has 0 atom stereocenters. The van der Waals surface area contributed by atoms with Gasteiger partial charge in [-0.05, 0) is 23.8 Å². The Morgan fingerprint density at radius 3 is 2.57 bits per heavy atom. The van der Waals surface area contributed by atoms with E-state index in [0.717, 1.165) is 12.0 Å². The molecule has 2 N–H and O–H groups in total. The van der Waals surface area contributed by atoms with E-state index in [0.29, 0.717) is 37.6 Å². The normalized spacial score (nSPS) is 15.3. The number of nitrogens with two attached hydrogens (primary N) is 1. The van der Waals surface area contributed by atoms with Crippen molar-refractivity contribution in [1.82, 2.24) is 9.80 Å². The molecule has 112 valence electrons. The molecule has 21 heavy (non-hydrogen) atoms. The largest absolute Gasteiger partial charge is 0.495 e. The molecule has 1 saturated heterocycles. The summed E-state index contributed by atoms with van der Waals surface area (Å²) in [4.78, 5) is 26.1. The number of anilines is 1. The molecule has 1 aliphatic heterocycles. The van der Waals surface area contributed by atoms with E-state index >= 15 is 0 Å². The molecule has 0 aliphatic carbocycles. The third-order valence-corrected chi connectivity index (χ3v) is 3.45. The molecule has 6 nitrogen and oxygen atoms in total. The van der Waals surface area contributed by atoms with Gasteiger partial charge in [0.1, 0.15) is 5.75 Å². The standard InChI is InChI=1S/C15H19N3O3/c1-21-14-4-2-12(10-13(14)16)3-5-15(20)18-8-6-17(11-19)7-9-18/h2-5,10-11H,6-9,16H2,1H3/b5-3+. The Bertz CT molecular complexity index is 549. The van der Waals surface area contributed by atoms with Crippen molar-refractivity contribution >= 4 is 24.1 Å². The maximum Gasteiger partial charge on any atom is 0.246 e. The number of rotatable bonds is 4. The number of ether oxygens (including phenoxy) is 1. The zero-order valence-electron chi connectivity index (χ0n) is 12.0. The lowest BCUT2D eigenvalue weighted by molar-refractivity contribution is -0.130. The Morgan fingerprint density at radius 2 is 2.00 bits per heavy atom. The molecule has 1 aromatic rings. The number of nitrogen functional groups attached to an aromatic ring is 1. The highest BCUT2D eigenvalue weighted by molar-refractivity contribution is 5.92. The lowest BCUT2D eigenvalue weighted by Gasteiger charge is -2.31. The van der Waals surface area contributed by atoms with Crippen LogP contribution >= 0.6 is 0 Å². The summed E-state index contributed by atoms with van der Waals surface area (Å²) < 4.78 is 5.08. The topological polar surface area (TPSA) is 75.9 Å². The summed E-state index contributed by atoms with van der Waals surface area (Å²) in [5.41, 5.74) is 7.19. The first-order valence-electron chi connectivity index (χ1n) is 6.74. The number of piperazine rings is 1. The molecule has 0 spiro atoms. The van der Waals surface area contributed by atoms with Gasteiger partial charge in [-0.2, -0.15) is 0 Å². The minimum atomic E-state index is -0.0602. The van der Waals surface area contributed by atoms with Gasteiger partial charge in [-0.1, -0.05) is 6.07 Å². The van der Waals surface area contributed by atoms with E-state index in [1.807, 2.05) is 6.07 Å². The molecule has 0 saturated carbocycles. The second kappa shape index (κ2) is 6.78. The van der Waals surface area contributed by atoms with Crippen LogP contribution in [0.3, 0.4) is 0 Å². The molecule has 2 amide bonds. The average molecular weight is 289 g/mol. The van der Waals surface area contributed by atoms with E-state index in [1.54, 1.807) is 35.1 Å². The third kappa shape index (κ3) is 3.75. The van der Waals surface area contributed by atoms with Gasteiger partial charge in [-0.25, -0.2) is 0 Å². The lowest BCUT2D eigenvalue weighted by Crippen LogP contribution is -2.47. The van der Waals surface area contributed by atoms with Crippen molar-refractivity contribution in [1.29, 1.82) is 0 Å². The molecule has 2 rings (SSSR count). The second-order valence-electron chi connectivity index (χ2n) is 4.80. The van der Waals surface area contributed by atoms with Crippen molar-refractivity contribution in [3.8, 4) is 5.75 Å². The quantitative estimate of drug-likeness (QED) is 0.500. The molecule has 0 unspecified atom stereocenters. The van der Waals surface area contributed by atoms with Crippen LogP contribution in [-0.2, 0) is 9.59 Å². The van der Waals surface area contributed by atoms with Gasteiger partial charge in [0.2, 0.25) is 12.3 Å².